The first-order chi connectivity index (χ1) is 12.1. The van der Waals surface area contributed by atoms with Crippen molar-refractivity contribution >= 4 is 23.5 Å². The number of carbonyl (C=O) groups is 1. The summed E-state index contributed by atoms with van der Waals surface area (Å²) < 4.78 is 5.21. The lowest BCUT2D eigenvalue weighted by Gasteiger charge is -2.28. The molecule has 7 nitrogen and oxygen atoms in total. The Balaban J connectivity index is 2.25. The van der Waals surface area contributed by atoms with Gasteiger partial charge in [0, 0.05) is 18.1 Å². The molecule has 3 heterocycles. The Morgan fingerprint density at radius 2 is 2.08 bits per heavy atom. The number of hydrogen-bond acceptors (Lipinski definition) is 7. The zero-order valence-corrected chi connectivity index (χ0v) is 14.9. The highest BCUT2D eigenvalue weighted by Crippen LogP contribution is 2.39. The number of rotatable bonds is 4. The Morgan fingerprint density at radius 1 is 1.36 bits per heavy atom. The largest absolute Gasteiger partial charge is 0.463 e. The summed E-state index contributed by atoms with van der Waals surface area (Å²) in [6.07, 6.45) is 5.10. The molecule has 0 saturated heterocycles. The van der Waals surface area contributed by atoms with Crippen LogP contribution in [-0.2, 0) is 9.53 Å². The SMILES string of the molecule is CCOC(=O)C1=C(C)Nc2nc(SC)[nH]c(=O)c2C1c1ccncc1. The van der Waals surface area contributed by atoms with Crippen LogP contribution in [0.15, 0.2) is 45.7 Å². The lowest BCUT2D eigenvalue weighted by atomic mass is 9.83. The summed E-state index contributed by atoms with van der Waals surface area (Å²) in [7, 11) is 0. The first-order valence-corrected chi connectivity index (χ1v) is 9.02. The van der Waals surface area contributed by atoms with Crippen LogP contribution in [0.3, 0.4) is 0 Å². The number of nitrogens with zero attached hydrogens (tertiary/aromatic N) is 2. The molecule has 3 rings (SSSR count). The molecule has 0 radical (unpaired) electrons. The lowest BCUT2D eigenvalue weighted by Crippen LogP contribution is -2.31. The summed E-state index contributed by atoms with van der Waals surface area (Å²) in [5.41, 5.74) is 1.93. The zero-order valence-electron chi connectivity index (χ0n) is 14.1. The van der Waals surface area contributed by atoms with Gasteiger partial charge < -0.3 is 15.0 Å². The second-order valence-electron chi connectivity index (χ2n) is 5.44. The van der Waals surface area contributed by atoms with Crippen LogP contribution in [0.25, 0.3) is 0 Å². The van der Waals surface area contributed by atoms with Crippen LogP contribution < -0.4 is 10.9 Å². The third kappa shape index (κ3) is 3.17. The molecule has 130 valence electrons. The van der Waals surface area contributed by atoms with Crippen LogP contribution in [0.4, 0.5) is 5.82 Å². The minimum Gasteiger partial charge on any atom is -0.463 e. The van der Waals surface area contributed by atoms with Gasteiger partial charge in [-0.15, -0.1) is 0 Å². The van der Waals surface area contributed by atoms with E-state index in [1.54, 1.807) is 38.4 Å². The minimum absolute atomic E-state index is 0.256. The van der Waals surface area contributed by atoms with Crippen molar-refractivity contribution in [3.63, 3.8) is 0 Å². The van der Waals surface area contributed by atoms with E-state index in [2.05, 4.69) is 20.3 Å². The van der Waals surface area contributed by atoms with Crippen molar-refractivity contribution in [3.8, 4) is 0 Å². The zero-order chi connectivity index (χ0) is 18.0. The maximum Gasteiger partial charge on any atom is 0.336 e. The first-order valence-electron chi connectivity index (χ1n) is 7.79. The Hall–Kier alpha value is -2.61. The minimum atomic E-state index is -0.564. The van der Waals surface area contributed by atoms with Crippen molar-refractivity contribution < 1.29 is 9.53 Å². The summed E-state index contributed by atoms with van der Waals surface area (Å²) in [6.45, 7) is 3.79. The fourth-order valence-electron chi connectivity index (χ4n) is 2.90. The number of H-pyrrole nitrogens is 1. The molecule has 25 heavy (non-hydrogen) atoms. The molecular weight excluding hydrogens is 340 g/mol. The van der Waals surface area contributed by atoms with Crippen LogP contribution in [0.5, 0.6) is 0 Å². The maximum absolute atomic E-state index is 12.7. The molecule has 1 aliphatic rings. The van der Waals surface area contributed by atoms with Gasteiger partial charge in [-0.05, 0) is 37.8 Å². The molecule has 1 unspecified atom stereocenters. The van der Waals surface area contributed by atoms with Gasteiger partial charge in [-0.1, -0.05) is 11.8 Å². The summed E-state index contributed by atoms with van der Waals surface area (Å²) in [6, 6.07) is 3.57. The van der Waals surface area contributed by atoms with Crippen molar-refractivity contribution in [2.24, 2.45) is 0 Å². The van der Waals surface area contributed by atoms with E-state index in [-0.39, 0.29) is 12.2 Å². The predicted molar refractivity (Wildman–Crippen MR) is 95.7 cm³/mol. The van der Waals surface area contributed by atoms with Gasteiger partial charge in [-0.2, -0.15) is 0 Å². The van der Waals surface area contributed by atoms with Crippen molar-refractivity contribution in [1.82, 2.24) is 15.0 Å². The smallest absolute Gasteiger partial charge is 0.336 e. The summed E-state index contributed by atoms with van der Waals surface area (Å²) in [5, 5.41) is 3.59. The number of aromatic amines is 1. The second-order valence-corrected chi connectivity index (χ2v) is 6.23. The Morgan fingerprint density at radius 3 is 2.72 bits per heavy atom. The molecule has 1 aliphatic heterocycles. The normalized spacial score (nSPS) is 16.2. The molecule has 0 fully saturated rings. The number of thioether (sulfide) groups is 1. The van der Waals surface area contributed by atoms with Gasteiger partial charge in [0.2, 0.25) is 0 Å². The van der Waals surface area contributed by atoms with E-state index >= 15 is 0 Å². The van der Waals surface area contributed by atoms with Gasteiger partial charge >= 0.3 is 5.97 Å². The third-order valence-electron chi connectivity index (χ3n) is 3.95. The van der Waals surface area contributed by atoms with E-state index in [1.807, 2.05) is 6.26 Å². The average molecular weight is 358 g/mol. The van der Waals surface area contributed by atoms with Gasteiger partial charge in [-0.25, -0.2) is 9.78 Å². The number of ether oxygens (including phenoxy) is 1. The van der Waals surface area contributed by atoms with Gasteiger partial charge in [0.25, 0.3) is 5.56 Å². The lowest BCUT2D eigenvalue weighted by molar-refractivity contribution is -0.138. The van der Waals surface area contributed by atoms with Crippen LogP contribution in [0.2, 0.25) is 0 Å². The van der Waals surface area contributed by atoms with E-state index in [0.717, 1.165) is 5.56 Å². The third-order valence-corrected chi connectivity index (χ3v) is 4.53. The highest BCUT2D eigenvalue weighted by Gasteiger charge is 2.36. The Bertz CT molecular complexity index is 893. The number of aromatic nitrogens is 3. The molecular formula is C17H18N4O3S. The monoisotopic (exact) mass is 358 g/mol. The van der Waals surface area contributed by atoms with Gasteiger partial charge in [-0.3, -0.25) is 9.78 Å². The molecule has 1 atom stereocenters. The number of fused-ring (bicyclic) bond motifs is 1. The molecule has 2 N–H and O–H groups in total. The second kappa shape index (κ2) is 7.10. The predicted octanol–water partition coefficient (Wildman–Crippen LogP) is 2.28. The molecule has 0 saturated carbocycles. The number of nitrogens with one attached hydrogen (secondary N) is 2. The molecule has 2 aromatic heterocycles. The number of pyridine rings is 1. The molecule has 0 bridgehead atoms. The number of carbonyl (C=O) groups excluding carboxylic acids is 1. The van der Waals surface area contributed by atoms with E-state index in [0.29, 0.717) is 27.8 Å². The van der Waals surface area contributed by atoms with Crippen molar-refractivity contribution in [1.29, 1.82) is 0 Å². The highest BCUT2D eigenvalue weighted by molar-refractivity contribution is 7.98. The molecule has 2 aromatic rings. The Labute approximate surface area is 148 Å². The van der Waals surface area contributed by atoms with Crippen LogP contribution in [0.1, 0.15) is 30.9 Å². The topological polar surface area (TPSA) is 97.0 Å². The first kappa shape index (κ1) is 17.2. The van der Waals surface area contributed by atoms with Crippen LogP contribution >= 0.6 is 11.8 Å². The highest BCUT2D eigenvalue weighted by atomic mass is 32.2. The van der Waals surface area contributed by atoms with Gasteiger partial charge in [0.15, 0.2) is 5.16 Å². The summed E-state index contributed by atoms with van der Waals surface area (Å²) in [5.74, 6) is -0.556. The number of hydrogen-bond donors (Lipinski definition) is 2. The fourth-order valence-corrected chi connectivity index (χ4v) is 3.27. The van der Waals surface area contributed by atoms with E-state index in [1.165, 1.54) is 11.8 Å². The molecule has 0 spiro atoms. The number of esters is 1. The van der Waals surface area contributed by atoms with E-state index < -0.39 is 11.9 Å². The Kier molecular flexibility index (Phi) is 4.89. The van der Waals surface area contributed by atoms with Gasteiger partial charge in [0.1, 0.15) is 5.82 Å². The molecule has 0 amide bonds. The quantitative estimate of drug-likeness (QED) is 0.492. The standard InChI is InChI=1S/C17H18N4O3S/c1-4-24-16(23)11-9(2)19-14-13(15(22)21-17(20-14)25-3)12(11)10-5-7-18-8-6-10/h5-8,12H,4H2,1-3H3,(H2,19,20,21,22). The van der Waals surface area contributed by atoms with Crippen LogP contribution in [0, 0.1) is 0 Å². The maximum atomic E-state index is 12.7. The summed E-state index contributed by atoms with van der Waals surface area (Å²) in [4.78, 5) is 36.5. The molecule has 8 heteroatoms. The van der Waals surface area contributed by atoms with Crippen molar-refractivity contribution in [2.75, 3.05) is 18.2 Å². The number of anilines is 1. The summed E-state index contributed by atoms with van der Waals surface area (Å²) >= 11 is 1.34. The van der Waals surface area contributed by atoms with Crippen molar-refractivity contribution in [2.45, 2.75) is 24.9 Å². The average Bonchev–Trinajstić information content (AvgIpc) is 2.61. The number of allylic oxidation sites excluding steroid dienone is 1. The van der Waals surface area contributed by atoms with Crippen molar-refractivity contribution in [3.05, 3.63) is 57.3 Å². The fraction of sp³-hybridized carbons (Fsp3) is 0.294. The van der Waals surface area contributed by atoms with Crippen LogP contribution in [-0.4, -0.2) is 33.8 Å². The molecule has 0 aromatic carbocycles. The van der Waals surface area contributed by atoms with Gasteiger partial charge in [0.05, 0.1) is 23.7 Å². The van der Waals surface area contributed by atoms with E-state index in [4.69, 9.17) is 4.74 Å². The van der Waals surface area contributed by atoms with E-state index in [9.17, 15) is 9.59 Å². The molecule has 0 aliphatic carbocycles.